The summed E-state index contributed by atoms with van der Waals surface area (Å²) in [6.07, 6.45) is 5.89. The average Bonchev–Trinajstić information content (AvgIpc) is 3.27. The number of carbonyl (C=O) groups is 1. The van der Waals surface area contributed by atoms with E-state index >= 15 is 0 Å². The van der Waals surface area contributed by atoms with Gasteiger partial charge in [0.2, 0.25) is 0 Å². The van der Waals surface area contributed by atoms with Crippen LogP contribution in [0.3, 0.4) is 0 Å². The summed E-state index contributed by atoms with van der Waals surface area (Å²) in [6.45, 7) is 5.05. The van der Waals surface area contributed by atoms with Gasteiger partial charge in [-0.1, -0.05) is 0 Å². The van der Waals surface area contributed by atoms with Crippen molar-refractivity contribution in [2.45, 2.75) is 32.1 Å². The molecule has 1 spiro atoms. The Kier molecular flexibility index (Phi) is 4.88. The number of hydrogen-bond acceptors (Lipinski definition) is 5. The Labute approximate surface area is 147 Å². The third-order valence-electron chi connectivity index (χ3n) is 6.00. The first-order chi connectivity index (χ1) is 11.8. The molecule has 1 atom stereocenters. The normalized spacial score (nSPS) is 26.7. The van der Waals surface area contributed by atoms with E-state index in [1.54, 1.807) is 5.51 Å². The monoisotopic (exact) mass is 350 g/mol. The minimum absolute atomic E-state index is 0.0830. The van der Waals surface area contributed by atoms with Gasteiger partial charge in [0.1, 0.15) is 5.69 Å². The van der Waals surface area contributed by atoms with Crippen LogP contribution in [0.4, 0.5) is 0 Å². The maximum Gasteiger partial charge on any atom is 0.273 e. The molecule has 0 radical (unpaired) electrons. The summed E-state index contributed by atoms with van der Waals surface area (Å²) in [4.78, 5) is 18.6. The van der Waals surface area contributed by atoms with Crippen LogP contribution in [0.25, 0.3) is 0 Å². The summed E-state index contributed by atoms with van der Waals surface area (Å²) in [5.74, 6) is 1.37. The third kappa shape index (κ3) is 3.51. The van der Waals surface area contributed by atoms with Crippen LogP contribution >= 0.6 is 11.3 Å². The van der Waals surface area contributed by atoms with Gasteiger partial charge in [-0.3, -0.25) is 4.79 Å². The van der Waals surface area contributed by atoms with E-state index in [0.717, 1.165) is 64.7 Å². The second-order valence-corrected chi connectivity index (χ2v) is 8.25. The lowest BCUT2D eigenvalue weighted by molar-refractivity contribution is -0.0976. The van der Waals surface area contributed by atoms with Gasteiger partial charge in [0.25, 0.3) is 5.91 Å². The van der Waals surface area contributed by atoms with E-state index in [0.29, 0.717) is 17.0 Å². The van der Waals surface area contributed by atoms with Gasteiger partial charge in [-0.05, 0) is 43.4 Å². The third-order valence-corrected chi connectivity index (χ3v) is 6.58. The number of nitrogens with zero attached hydrogens (tertiary/aromatic N) is 2. The standard InChI is InChI=1S/C18H26N2O3S/c21-17(16-12-24-13-19-16)20-6-3-18(4-7-20)5-8-22-10-15(18)11-23-9-14-1-2-14/h12-15H,1-11H2/t15-/m1/s1. The molecule has 3 fully saturated rings. The number of rotatable bonds is 5. The summed E-state index contributed by atoms with van der Waals surface area (Å²) < 4.78 is 11.7. The van der Waals surface area contributed by atoms with Crippen molar-refractivity contribution in [3.05, 3.63) is 16.6 Å². The van der Waals surface area contributed by atoms with E-state index in [1.165, 1.54) is 24.2 Å². The van der Waals surface area contributed by atoms with Crippen LogP contribution in [0.15, 0.2) is 10.9 Å². The van der Waals surface area contributed by atoms with Gasteiger partial charge in [-0.2, -0.15) is 0 Å². The minimum Gasteiger partial charge on any atom is -0.381 e. The SMILES string of the molecule is O=C(c1cscn1)N1CCC2(CCOC[C@@H]2COCC2CC2)CC1. The fourth-order valence-electron chi connectivity index (χ4n) is 4.06. The Morgan fingerprint density at radius 1 is 1.33 bits per heavy atom. The Balaban J connectivity index is 1.34. The Morgan fingerprint density at radius 2 is 2.17 bits per heavy atom. The van der Waals surface area contributed by atoms with Crippen LogP contribution in [0.2, 0.25) is 0 Å². The zero-order valence-electron chi connectivity index (χ0n) is 14.1. The number of likely N-dealkylation sites (tertiary alicyclic amines) is 1. The Hall–Kier alpha value is -0.980. The van der Waals surface area contributed by atoms with Gasteiger partial charge in [0, 0.05) is 37.6 Å². The number of piperidine rings is 1. The minimum atomic E-state index is 0.0830. The molecule has 1 aromatic heterocycles. The van der Waals surface area contributed by atoms with Crippen molar-refractivity contribution in [1.82, 2.24) is 9.88 Å². The van der Waals surface area contributed by atoms with Crippen LogP contribution < -0.4 is 0 Å². The second kappa shape index (κ2) is 7.10. The van der Waals surface area contributed by atoms with E-state index in [-0.39, 0.29) is 5.91 Å². The predicted octanol–water partition coefficient (Wildman–Crippen LogP) is 2.83. The molecule has 1 saturated carbocycles. The Bertz CT molecular complexity index is 551. The molecule has 2 aliphatic heterocycles. The van der Waals surface area contributed by atoms with E-state index in [2.05, 4.69) is 4.98 Å². The van der Waals surface area contributed by atoms with Crippen LogP contribution in [0, 0.1) is 17.3 Å². The summed E-state index contributed by atoms with van der Waals surface area (Å²) in [5.41, 5.74) is 2.61. The van der Waals surface area contributed by atoms with Gasteiger partial charge in [-0.15, -0.1) is 11.3 Å². The van der Waals surface area contributed by atoms with Crippen LogP contribution in [-0.2, 0) is 9.47 Å². The second-order valence-electron chi connectivity index (χ2n) is 7.53. The highest BCUT2D eigenvalue weighted by molar-refractivity contribution is 7.07. The number of aromatic nitrogens is 1. The fraction of sp³-hybridized carbons (Fsp3) is 0.778. The highest BCUT2D eigenvalue weighted by Gasteiger charge is 2.44. The van der Waals surface area contributed by atoms with E-state index < -0.39 is 0 Å². The largest absolute Gasteiger partial charge is 0.381 e. The number of hydrogen-bond donors (Lipinski definition) is 0. The smallest absolute Gasteiger partial charge is 0.273 e. The number of amides is 1. The molecule has 24 heavy (non-hydrogen) atoms. The summed E-state index contributed by atoms with van der Waals surface area (Å²) >= 11 is 1.48. The fourth-order valence-corrected chi connectivity index (χ4v) is 4.59. The number of thiazole rings is 1. The lowest BCUT2D eigenvalue weighted by Crippen LogP contribution is -2.50. The van der Waals surface area contributed by atoms with Gasteiger partial charge in [0.05, 0.1) is 18.7 Å². The summed E-state index contributed by atoms with van der Waals surface area (Å²) in [6, 6.07) is 0. The van der Waals surface area contributed by atoms with Gasteiger partial charge in [0.15, 0.2) is 0 Å². The molecular weight excluding hydrogens is 324 g/mol. The van der Waals surface area contributed by atoms with Crippen molar-refractivity contribution < 1.29 is 14.3 Å². The molecule has 0 aromatic carbocycles. The highest BCUT2D eigenvalue weighted by Crippen LogP contribution is 2.45. The van der Waals surface area contributed by atoms with Gasteiger partial charge >= 0.3 is 0 Å². The molecule has 3 aliphatic rings. The van der Waals surface area contributed by atoms with Crippen LogP contribution in [-0.4, -0.2) is 55.3 Å². The van der Waals surface area contributed by atoms with Crippen molar-refractivity contribution in [3.8, 4) is 0 Å². The van der Waals surface area contributed by atoms with E-state index in [4.69, 9.17) is 9.47 Å². The predicted molar refractivity (Wildman–Crippen MR) is 92.2 cm³/mol. The van der Waals surface area contributed by atoms with Gasteiger partial charge in [-0.25, -0.2) is 4.98 Å². The van der Waals surface area contributed by atoms with Crippen LogP contribution in [0.1, 0.15) is 42.6 Å². The molecule has 0 unspecified atom stereocenters. The number of carbonyl (C=O) groups excluding carboxylic acids is 1. The Morgan fingerprint density at radius 3 is 2.88 bits per heavy atom. The first-order valence-corrected chi connectivity index (χ1v) is 10.0. The van der Waals surface area contributed by atoms with Gasteiger partial charge < -0.3 is 14.4 Å². The summed E-state index contributed by atoms with van der Waals surface area (Å²) in [5, 5.41) is 1.84. The molecule has 1 aliphatic carbocycles. The molecule has 0 N–H and O–H groups in total. The topological polar surface area (TPSA) is 51.7 Å². The molecule has 1 aromatic rings. The molecule has 132 valence electrons. The summed E-state index contributed by atoms with van der Waals surface area (Å²) in [7, 11) is 0. The lowest BCUT2D eigenvalue weighted by Gasteiger charge is -2.48. The van der Waals surface area contributed by atoms with Crippen molar-refractivity contribution in [1.29, 1.82) is 0 Å². The molecule has 6 heteroatoms. The lowest BCUT2D eigenvalue weighted by atomic mass is 9.66. The maximum atomic E-state index is 12.5. The molecular formula is C18H26N2O3S. The molecule has 2 saturated heterocycles. The maximum absolute atomic E-state index is 12.5. The van der Waals surface area contributed by atoms with Crippen molar-refractivity contribution in [2.24, 2.45) is 17.3 Å². The molecule has 0 bridgehead atoms. The zero-order valence-corrected chi connectivity index (χ0v) is 14.9. The zero-order chi connectivity index (χ0) is 16.4. The highest BCUT2D eigenvalue weighted by atomic mass is 32.1. The molecule has 4 rings (SSSR count). The molecule has 3 heterocycles. The van der Waals surface area contributed by atoms with Crippen molar-refractivity contribution in [3.63, 3.8) is 0 Å². The van der Waals surface area contributed by atoms with Crippen molar-refractivity contribution in [2.75, 3.05) is 39.5 Å². The first kappa shape index (κ1) is 16.5. The van der Waals surface area contributed by atoms with Crippen molar-refractivity contribution >= 4 is 17.2 Å². The first-order valence-electron chi connectivity index (χ1n) is 9.10. The van der Waals surface area contributed by atoms with E-state index in [1.807, 2.05) is 10.3 Å². The quantitative estimate of drug-likeness (QED) is 0.819. The number of ether oxygens (including phenoxy) is 2. The van der Waals surface area contributed by atoms with Crippen LogP contribution in [0.5, 0.6) is 0 Å². The average molecular weight is 350 g/mol. The van der Waals surface area contributed by atoms with E-state index in [9.17, 15) is 4.79 Å². The molecule has 1 amide bonds. The molecule has 5 nitrogen and oxygen atoms in total.